The van der Waals surface area contributed by atoms with Gasteiger partial charge in [-0.3, -0.25) is 0 Å². The van der Waals surface area contributed by atoms with Gasteiger partial charge in [-0.1, -0.05) is 93.2 Å². The van der Waals surface area contributed by atoms with E-state index in [1.807, 2.05) is 60.9 Å². The highest BCUT2D eigenvalue weighted by Crippen LogP contribution is 2.41. The van der Waals surface area contributed by atoms with Crippen LogP contribution in [0.4, 0.5) is 9.59 Å². The van der Waals surface area contributed by atoms with E-state index in [-0.39, 0.29) is 36.3 Å². The molecule has 0 saturated heterocycles. The Bertz CT molecular complexity index is 2860. The Morgan fingerprint density at radius 2 is 0.805 bits per heavy atom. The first-order chi connectivity index (χ1) is 42.0. The molecule has 27 heteroatoms. The molecular formula is C60H79Cl5N12O10. The summed E-state index contributed by atoms with van der Waals surface area (Å²) in [5.74, 6) is 0.264. The van der Waals surface area contributed by atoms with Crippen LogP contribution in [0, 0.1) is 0 Å². The van der Waals surface area contributed by atoms with Crippen molar-refractivity contribution in [2.75, 3.05) is 159 Å². The number of halogens is 5. The maximum absolute atomic E-state index is 12.1. The van der Waals surface area contributed by atoms with E-state index in [1.165, 1.54) is 11.1 Å². The molecule has 0 saturated carbocycles. The molecule has 6 aromatic rings. The van der Waals surface area contributed by atoms with E-state index in [0.29, 0.717) is 165 Å². The minimum atomic E-state index is -0.313. The van der Waals surface area contributed by atoms with Crippen molar-refractivity contribution < 1.29 is 47.5 Å². The molecule has 2 aliphatic rings. The number of carbonyl (C=O) groups excluding carboxylic acids is 2. The summed E-state index contributed by atoms with van der Waals surface area (Å²) in [6.45, 7) is 12.0. The van der Waals surface area contributed by atoms with Crippen molar-refractivity contribution in [3.8, 4) is 22.5 Å². The van der Waals surface area contributed by atoms with Gasteiger partial charge >= 0.3 is 12.1 Å². The normalized spacial score (nSPS) is 15.0. The van der Waals surface area contributed by atoms with Crippen LogP contribution < -0.4 is 21.3 Å². The van der Waals surface area contributed by atoms with Crippen molar-refractivity contribution in [2.24, 2.45) is 0 Å². The lowest BCUT2D eigenvalue weighted by Gasteiger charge is -2.33. The molecule has 474 valence electrons. The third-order valence-electron chi connectivity index (χ3n) is 14.1. The molecule has 0 unspecified atom stereocenters. The van der Waals surface area contributed by atoms with E-state index >= 15 is 0 Å². The number of aromatic nitrogens is 6. The van der Waals surface area contributed by atoms with Gasteiger partial charge in [0.1, 0.15) is 11.4 Å². The summed E-state index contributed by atoms with van der Waals surface area (Å²) in [6.07, 6.45) is 3.85. The molecule has 22 nitrogen and oxygen atoms in total. The molecule has 0 spiro atoms. The van der Waals surface area contributed by atoms with E-state index in [4.69, 9.17) is 84.3 Å². The van der Waals surface area contributed by atoms with Gasteiger partial charge in [-0.15, -0.1) is 22.6 Å². The predicted octanol–water partition coefficient (Wildman–Crippen LogP) is 7.83. The van der Waals surface area contributed by atoms with Gasteiger partial charge < -0.3 is 69.0 Å². The Morgan fingerprint density at radius 3 is 1.16 bits per heavy atom. The number of rotatable bonds is 37. The molecule has 8 rings (SSSR count). The largest absolute Gasteiger partial charge is 0.377 e. The average Bonchev–Trinajstić information content (AvgIpc) is 1.55. The molecule has 2 aliphatic heterocycles. The molecule has 4 N–H and O–H groups in total. The second-order valence-electron chi connectivity index (χ2n) is 20.7. The molecule has 0 aliphatic carbocycles. The molecular weight excluding hydrogens is 1230 g/mol. The topological polar surface area (TPSA) is 224 Å². The predicted molar refractivity (Wildman–Crippen MR) is 337 cm³/mol. The number of benzene rings is 4. The zero-order valence-electron chi connectivity index (χ0n) is 49.2. The summed E-state index contributed by atoms with van der Waals surface area (Å²) >= 11 is 26.0. The third kappa shape index (κ3) is 22.9. The number of hydrogen-bond donors (Lipinski definition) is 4. The van der Waals surface area contributed by atoms with E-state index in [0.717, 1.165) is 70.9 Å². The van der Waals surface area contributed by atoms with Crippen molar-refractivity contribution >= 4 is 70.9 Å². The van der Waals surface area contributed by atoms with Crippen LogP contribution in [0.1, 0.15) is 45.2 Å². The number of nitrogens with one attached hydrogen (secondary N) is 4. The Hall–Kier alpha value is -5.25. The standard InChI is InChI=1S/C60H78Cl4N12O10.ClH/c1-73-37-51(49-33-47(61)35-55(63)53(49)39-73)43-5-3-7-45(31-43)57-41-75(71-69-57)13-19-83-25-29-85-27-23-81-17-11-67-59(77)65-9-15-79-21-22-80-16-10-66-60(78)68-12-18-82-24-28-86-30-26-84-20-14-76-42-58(70-72-76)46-8-4-6-44(32-46)52-38-74(2)40-54-50(52)34-48(62)36-56(54)64;/h3-8,31-36,41-42,51-52H,9-30,37-40H2,1-2H3,(H2,65,67,77)(H2,66,68,78);1H/t51-,52+;. The van der Waals surface area contributed by atoms with Crippen molar-refractivity contribution in [1.82, 2.24) is 61.1 Å². The fourth-order valence-electron chi connectivity index (χ4n) is 9.96. The lowest BCUT2D eigenvalue weighted by atomic mass is 9.84. The molecule has 87 heavy (non-hydrogen) atoms. The number of amides is 4. The zero-order chi connectivity index (χ0) is 60.3. The summed E-state index contributed by atoms with van der Waals surface area (Å²) in [7, 11) is 4.20. The van der Waals surface area contributed by atoms with E-state index in [2.05, 4.69) is 90.1 Å². The number of fused-ring (bicyclic) bond motifs is 2. The first-order valence-electron chi connectivity index (χ1n) is 29.0. The Labute approximate surface area is 534 Å². The molecule has 4 heterocycles. The van der Waals surface area contributed by atoms with Crippen LogP contribution in [-0.2, 0) is 64.1 Å². The fraction of sp³-hybridized carbons (Fsp3) is 0.500. The van der Waals surface area contributed by atoms with Crippen LogP contribution in [0.3, 0.4) is 0 Å². The van der Waals surface area contributed by atoms with Gasteiger partial charge in [-0.2, -0.15) is 0 Å². The molecule has 0 bridgehead atoms. The SMILES string of the molecule is CN1Cc2c(Cl)cc(Cl)cc2[C@@H](c2cccc(-c3cn(CCOCCOCCOCCNC(=O)NCCOCCOCCNC(=O)NCCOCCOCCOCCn4cc(-c5cccc([C@@H]6CN(C)Cc7c(Cl)cc(Cl)cc76)c5)nn4)nn3)c2)C1.Cl. The maximum Gasteiger partial charge on any atom is 0.314 e. The summed E-state index contributed by atoms with van der Waals surface area (Å²) in [5.41, 5.74) is 10.4. The minimum absolute atomic E-state index is 0. The molecule has 4 amide bonds. The highest BCUT2D eigenvalue weighted by Gasteiger charge is 2.29. The van der Waals surface area contributed by atoms with Crippen LogP contribution in [0.25, 0.3) is 22.5 Å². The molecule has 2 atom stereocenters. The van der Waals surface area contributed by atoms with Crippen molar-refractivity contribution in [3.63, 3.8) is 0 Å². The van der Waals surface area contributed by atoms with E-state index < -0.39 is 0 Å². The van der Waals surface area contributed by atoms with Crippen LogP contribution in [0.5, 0.6) is 0 Å². The number of nitrogens with zero attached hydrogens (tertiary/aromatic N) is 8. The smallest absolute Gasteiger partial charge is 0.314 e. The Balaban J connectivity index is 0.0000108. The van der Waals surface area contributed by atoms with Crippen LogP contribution in [0.15, 0.2) is 85.2 Å². The highest BCUT2D eigenvalue weighted by molar-refractivity contribution is 6.35. The number of hydrogen-bond acceptors (Lipinski definition) is 16. The van der Waals surface area contributed by atoms with E-state index in [1.54, 1.807) is 9.36 Å². The summed E-state index contributed by atoms with van der Waals surface area (Å²) in [6, 6.07) is 23.8. The Kier molecular flexibility index (Phi) is 30.0. The van der Waals surface area contributed by atoms with Crippen molar-refractivity contribution in [3.05, 3.63) is 139 Å². The molecule has 0 fully saturated rings. The number of carbonyl (C=O) groups is 2. The van der Waals surface area contributed by atoms with Gasteiger partial charge in [0.05, 0.1) is 131 Å². The minimum Gasteiger partial charge on any atom is -0.377 e. The van der Waals surface area contributed by atoms with Gasteiger partial charge in [0.25, 0.3) is 0 Å². The molecule has 0 radical (unpaired) electrons. The number of urea groups is 2. The lowest BCUT2D eigenvalue weighted by molar-refractivity contribution is 0.0135. The zero-order valence-corrected chi connectivity index (χ0v) is 53.0. The summed E-state index contributed by atoms with van der Waals surface area (Å²) in [4.78, 5) is 28.7. The second-order valence-corrected chi connectivity index (χ2v) is 22.3. The quantitative estimate of drug-likeness (QED) is 0.0273. The third-order valence-corrected chi connectivity index (χ3v) is 15.3. The van der Waals surface area contributed by atoms with Gasteiger partial charge in [0, 0.05) is 95.4 Å². The average molecular weight is 1310 g/mol. The monoisotopic (exact) mass is 1300 g/mol. The molecule has 2 aromatic heterocycles. The number of ether oxygens (including phenoxy) is 8. The molecule has 4 aromatic carbocycles. The first kappa shape index (κ1) is 69.2. The summed E-state index contributed by atoms with van der Waals surface area (Å²) in [5, 5.41) is 31.1. The van der Waals surface area contributed by atoms with E-state index in [9.17, 15) is 9.59 Å². The fourth-order valence-corrected chi connectivity index (χ4v) is 11.1. The first-order valence-corrected chi connectivity index (χ1v) is 30.5. The van der Waals surface area contributed by atoms with Crippen LogP contribution in [-0.4, -0.2) is 211 Å². The van der Waals surface area contributed by atoms with Crippen LogP contribution in [0.2, 0.25) is 20.1 Å². The second kappa shape index (κ2) is 37.7. The van der Waals surface area contributed by atoms with Crippen molar-refractivity contribution in [1.29, 1.82) is 0 Å². The lowest BCUT2D eigenvalue weighted by Crippen LogP contribution is -2.39. The van der Waals surface area contributed by atoms with Gasteiger partial charge in [0.2, 0.25) is 0 Å². The van der Waals surface area contributed by atoms with Crippen LogP contribution >= 0.6 is 58.8 Å². The van der Waals surface area contributed by atoms with Gasteiger partial charge in [-0.05, 0) is 83.9 Å². The Morgan fingerprint density at radius 1 is 0.471 bits per heavy atom. The maximum atomic E-state index is 12.1. The summed E-state index contributed by atoms with van der Waals surface area (Å²) < 4.78 is 48.4. The highest BCUT2D eigenvalue weighted by atomic mass is 35.5. The number of likely N-dealkylation sites (N-methyl/N-ethyl adjacent to an activating group) is 2. The van der Waals surface area contributed by atoms with Crippen molar-refractivity contribution in [2.45, 2.75) is 38.0 Å². The van der Waals surface area contributed by atoms with Gasteiger partial charge in [-0.25, -0.2) is 19.0 Å². The van der Waals surface area contributed by atoms with Gasteiger partial charge in [0.15, 0.2) is 0 Å².